The SMILES string of the molecule is Cn1cc(C2CCCN2c2ccc([N+](=O)[O-])c(S(C)(=O)=O)c2)cn1. The number of hydrogen-bond acceptors (Lipinski definition) is 6. The highest BCUT2D eigenvalue weighted by Gasteiger charge is 2.30. The van der Waals surface area contributed by atoms with Crippen LogP contribution in [0.15, 0.2) is 35.5 Å². The Morgan fingerprint density at radius 1 is 1.38 bits per heavy atom. The molecule has 1 atom stereocenters. The Kier molecular flexibility index (Phi) is 4.04. The first-order valence-electron chi connectivity index (χ1n) is 7.51. The highest BCUT2D eigenvalue weighted by Crippen LogP contribution is 2.38. The Labute approximate surface area is 139 Å². The molecule has 0 aliphatic carbocycles. The van der Waals surface area contributed by atoms with Crippen molar-refractivity contribution in [1.82, 2.24) is 9.78 Å². The second-order valence-corrected chi connectivity index (χ2v) is 7.96. The van der Waals surface area contributed by atoms with Gasteiger partial charge in [-0.25, -0.2) is 8.42 Å². The zero-order valence-corrected chi connectivity index (χ0v) is 14.2. The van der Waals surface area contributed by atoms with Gasteiger partial charge in [0.25, 0.3) is 5.69 Å². The number of sulfone groups is 1. The normalized spacial score (nSPS) is 18.1. The predicted octanol–water partition coefficient (Wildman–Crippen LogP) is 2.07. The first-order chi connectivity index (χ1) is 11.3. The van der Waals surface area contributed by atoms with Crippen LogP contribution in [0.2, 0.25) is 0 Å². The van der Waals surface area contributed by atoms with Gasteiger partial charge in [0.2, 0.25) is 0 Å². The summed E-state index contributed by atoms with van der Waals surface area (Å²) in [5.41, 5.74) is 1.33. The largest absolute Gasteiger partial charge is 0.364 e. The molecule has 1 aromatic heterocycles. The molecule has 0 saturated carbocycles. The smallest absolute Gasteiger partial charge is 0.288 e. The molecule has 2 aromatic rings. The molecule has 0 spiro atoms. The van der Waals surface area contributed by atoms with Crippen LogP contribution in [0.3, 0.4) is 0 Å². The van der Waals surface area contributed by atoms with Gasteiger partial charge >= 0.3 is 0 Å². The van der Waals surface area contributed by atoms with Crippen molar-refractivity contribution in [1.29, 1.82) is 0 Å². The van der Waals surface area contributed by atoms with Gasteiger partial charge in [-0.1, -0.05) is 0 Å². The molecule has 0 N–H and O–H groups in total. The minimum atomic E-state index is -3.69. The van der Waals surface area contributed by atoms with Crippen LogP contribution < -0.4 is 4.90 Å². The third kappa shape index (κ3) is 2.99. The van der Waals surface area contributed by atoms with Crippen LogP contribution in [0, 0.1) is 10.1 Å². The van der Waals surface area contributed by atoms with Crippen LogP contribution >= 0.6 is 0 Å². The number of anilines is 1. The van der Waals surface area contributed by atoms with Gasteiger partial charge in [-0.05, 0) is 25.0 Å². The molecule has 1 aliphatic rings. The van der Waals surface area contributed by atoms with Crippen LogP contribution in [0.5, 0.6) is 0 Å². The molecule has 1 unspecified atom stereocenters. The van der Waals surface area contributed by atoms with Crippen molar-refractivity contribution in [3.05, 3.63) is 46.3 Å². The molecule has 1 fully saturated rings. The van der Waals surface area contributed by atoms with Gasteiger partial charge in [0, 0.05) is 43.4 Å². The van der Waals surface area contributed by atoms with E-state index in [2.05, 4.69) is 10.00 Å². The third-order valence-corrected chi connectivity index (χ3v) is 5.36. The summed E-state index contributed by atoms with van der Waals surface area (Å²) in [7, 11) is -1.85. The van der Waals surface area contributed by atoms with E-state index in [9.17, 15) is 18.5 Å². The molecular formula is C15H18N4O4S. The van der Waals surface area contributed by atoms with Crippen molar-refractivity contribution in [2.75, 3.05) is 17.7 Å². The van der Waals surface area contributed by atoms with Crippen LogP contribution in [0.25, 0.3) is 0 Å². The summed E-state index contributed by atoms with van der Waals surface area (Å²) in [6.07, 6.45) is 6.61. The van der Waals surface area contributed by atoms with Crippen LogP contribution in [0.4, 0.5) is 11.4 Å². The van der Waals surface area contributed by atoms with E-state index in [0.717, 1.165) is 31.2 Å². The number of aromatic nitrogens is 2. The van der Waals surface area contributed by atoms with Gasteiger partial charge in [0.15, 0.2) is 9.84 Å². The average Bonchev–Trinajstić information content (AvgIpc) is 3.14. The fraction of sp³-hybridized carbons (Fsp3) is 0.400. The molecule has 8 nitrogen and oxygen atoms in total. The van der Waals surface area contributed by atoms with E-state index in [1.807, 2.05) is 13.2 Å². The van der Waals surface area contributed by atoms with E-state index in [0.29, 0.717) is 5.69 Å². The van der Waals surface area contributed by atoms with Crippen LogP contribution in [-0.4, -0.2) is 35.9 Å². The summed E-state index contributed by atoms with van der Waals surface area (Å²) in [5.74, 6) is 0. The molecule has 2 heterocycles. The Bertz CT molecular complexity index is 891. The molecule has 3 rings (SSSR count). The number of nitrogens with zero attached hydrogens (tertiary/aromatic N) is 4. The molecule has 1 saturated heterocycles. The lowest BCUT2D eigenvalue weighted by atomic mass is 10.1. The highest BCUT2D eigenvalue weighted by molar-refractivity contribution is 7.90. The first kappa shape index (κ1) is 16.4. The third-order valence-electron chi connectivity index (χ3n) is 4.23. The molecular weight excluding hydrogens is 332 g/mol. The fourth-order valence-corrected chi connectivity index (χ4v) is 4.02. The van der Waals surface area contributed by atoms with E-state index in [1.165, 1.54) is 12.1 Å². The standard InChI is InChI=1S/C15H18N4O4S/c1-17-10-11(9-16-17)13-4-3-7-18(13)12-5-6-14(19(20)21)15(8-12)24(2,22)23/h5-6,8-10,13H,3-4,7H2,1-2H3. The Morgan fingerprint density at radius 2 is 2.12 bits per heavy atom. The van der Waals surface area contributed by atoms with Crippen LogP contribution in [-0.2, 0) is 16.9 Å². The van der Waals surface area contributed by atoms with Crippen molar-refractivity contribution in [2.45, 2.75) is 23.8 Å². The maximum absolute atomic E-state index is 11.9. The van der Waals surface area contributed by atoms with E-state index in [4.69, 9.17) is 0 Å². The van der Waals surface area contributed by atoms with Crippen molar-refractivity contribution in [3.63, 3.8) is 0 Å². The van der Waals surface area contributed by atoms with Gasteiger partial charge in [-0.15, -0.1) is 0 Å². The van der Waals surface area contributed by atoms with E-state index in [-0.39, 0.29) is 10.9 Å². The van der Waals surface area contributed by atoms with Gasteiger partial charge in [-0.2, -0.15) is 5.10 Å². The maximum Gasteiger partial charge on any atom is 0.288 e. The van der Waals surface area contributed by atoms with Crippen molar-refractivity contribution < 1.29 is 13.3 Å². The van der Waals surface area contributed by atoms with Crippen molar-refractivity contribution in [2.24, 2.45) is 7.05 Å². The number of nitro benzene ring substituents is 1. The molecule has 24 heavy (non-hydrogen) atoms. The maximum atomic E-state index is 11.9. The first-order valence-corrected chi connectivity index (χ1v) is 9.40. The van der Waals surface area contributed by atoms with Gasteiger partial charge in [0.1, 0.15) is 4.90 Å². The van der Waals surface area contributed by atoms with Gasteiger partial charge in [0.05, 0.1) is 17.2 Å². The molecule has 9 heteroatoms. The lowest BCUT2D eigenvalue weighted by molar-refractivity contribution is -0.387. The van der Waals surface area contributed by atoms with Crippen molar-refractivity contribution >= 4 is 21.2 Å². The summed E-state index contributed by atoms with van der Waals surface area (Å²) in [4.78, 5) is 12.3. The molecule has 0 bridgehead atoms. The molecule has 0 radical (unpaired) electrons. The summed E-state index contributed by atoms with van der Waals surface area (Å²) in [6.45, 7) is 0.764. The zero-order chi connectivity index (χ0) is 17.5. The van der Waals surface area contributed by atoms with Gasteiger partial charge < -0.3 is 4.90 Å². The topological polar surface area (TPSA) is 98.3 Å². The summed E-state index contributed by atoms with van der Waals surface area (Å²) < 4.78 is 25.6. The van der Waals surface area contributed by atoms with Crippen LogP contribution in [0.1, 0.15) is 24.4 Å². The summed E-state index contributed by atoms with van der Waals surface area (Å²) in [5, 5.41) is 15.3. The van der Waals surface area contributed by atoms with E-state index in [1.54, 1.807) is 16.9 Å². The minimum absolute atomic E-state index is 0.0903. The number of benzene rings is 1. The van der Waals surface area contributed by atoms with E-state index >= 15 is 0 Å². The van der Waals surface area contributed by atoms with Crippen molar-refractivity contribution in [3.8, 4) is 0 Å². The predicted molar refractivity (Wildman–Crippen MR) is 88.7 cm³/mol. The zero-order valence-electron chi connectivity index (χ0n) is 13.4. The minimum Gasteiger partial charge on any atom is -0.364 e. The van der Waals surface area contributed by atoms with Gasteiger partial charge in [-0.3, -0.25) is 14.8 Å². The fourth-order valence-electron chi connectivity index (χ4n) is 3.16. The quantitative estimate of drug-likeness (QED) is 0.618. The Balaban J connectivity index is 2.04. The number of hydrogen-bond donors (Lipinski definition) is 0. The summed E-state index contributed by atoms with van der Waals surface area (Å²) in [6, 6.07) is 4.38. The van der Waals surface area contributed by atoms with E-state index < -0.39 is 20.4 Å². The lowest BCUT2D eigenvalue weighted by Crippen LogP contribution is -2.22. The molecule has 128 valence electrons. The number of nitro groups is 1. The Morgan fingerprint density at radius 3 is 2.71 bits per heavy atom. The highest BCUT2D eigenvalue weighted by atomic mass is 32.2. The monoisotopic (exact) mass is 350 g/mol. The molecule has 1 aromatic carbocycles. The number of rotatable bonds is 4. The molecule has 1 aliphatic heterocycles. The number of aryl methyl sites for hydroxylation is 1. The Hall–Kier alpha value is -2.42. The second-order valence-electron chi connectivity index (χ2n) is 5.98. The second kappa shape index (κ2) is 5.90. The average molecular weight is 350 g/mol. The lowest BCUT2D eigenvalue weighted by Gasteiger charge is -2.26. The molecule has 0 amide bonds. The summed E-state index contributed by atoms with van der Waals surface area (Å²) >= 11 is 0.